The van der Waals surface area contributed by atoms with Crippen LogP contribution in [0.4, 0.5) is 0 Å². The molecule has 1 aliphatic rings. The molecule has 0 atom stereocenters. The second kappa shape index (κ2) is 4.92. The number of H-pyrrole nitrogens is 1. The van der Waals surface area contributed by atoms with E-state index in [1.54, 1.807) is 12.3 Å². The van der Waals surface area contributed by atoms with E-state index in [4.69, 9.17) is 5.26 Å². The largest absolute Gasteiger partial charge is 0.320 e. The van der Waals surface area contributed by atoms with E-state index in [0.29, 0.717) is 0 Å². The number of nitrogens with one attached hydrogen (secondary N) is 1. The van der Waals surface area contributed by atoms with Crippen LogP contribution in [0.5, 0.6) is 0 Å². The van der Waals surface area contributed by atoms with Crippen LogP contribution >= 0.6 is 0 Å². The fourth-order valence-electron chi connectivity index (χ4n) is 3.13. The van der Waals surface area contributed by atoms with E-state index >= 15 is 0 Å². The third-order valence-electron chi connectivity index (χ3n) is 4.15. The Morgan fingerprint density at radius 1 is 1.35 bits per heavy atom. The van der Waals surface area contributed by atoms with Crippen LogP contribution in [0.3, 0.4) is 0 Å². The third-order valence-corrected chi connectivity index (χ3v) is 4.15. The van der Waals surface area contributed by atoms with Crippen LogP contribution in [-0.4, -0.2) is 19.7 Å². The molecule has 112 valence electrons. The van der Waals surface area contributed by atoms with E-state index < -0.39 is 0 Å². The zero-order valence-corrected chi connectivity index (χ0v) is 12.5. The Morgan fingerprint density at radius 2 is 2.22 bits per heavy atom. The molecule has 0 amide bonds. The second-order valence-corrected chi connectivity index (χ2v) is 5.53. The summed E-state index contributed by atoms with van der Waals surface area (Å²) in [5.41, 5.74) is 4.37. The standard InChI is InChI=1S/C17H13N5O/c1-10-15-13(22(21-10)14-4-2-3-7-19-14)6-5-11-8-12(9-18)17(23)20-16(11)15/h2-4,7-8H,5-6H2,1H3,(H,20,23). The van der Waals surface area contributed by atoms with Crippen molar-refractivity contribution in [2.24, 2.45) is 0 Å². The average Bonchev–Trinajstić information content (AvgIpc) is 2.92. The number of nitrogens with zero attached hydrogens (tertiary/aromatic N) is 4. The summed E-state index contributed by atoms with van der Waals surface area (Å²) in [5, 5.41) is 13.6. The van der Waals surface area contributed by atoms with Gasteiger partial charge in [-0.15, -0.1) is 0 Å². The molecule has 0 bridgehead atoms. The summed E-state index contributed by atoms with van der Waals surface area (Å²) in [6.45, 7) is 1.92. The Hall–Kier alpha value is -3.20. The van der Waals surface area contributed by atoms with Crippen LogP contribution < -0.4 is 5.56 Å². The van der Waals surface area contributed by atoms with Gasteiger partial charge in [-0.25, -0.2) is 9.67 Å². The predicted octanol–water partition coefficient (Wildman–Crippen LogP) is 1.90. The number of aromatic amines is 1. The van der Waals surface area contributed by atoms with Gasteiger partial charge in [-0.2, -0.15) is 10.4 Å². The molecule has 3 aromatic rings. The van der Waals surface area contributed by atoms with Crippen molar-refractivity contribution in [2.75, 3.05) is 0 Å². The maximum atomic E-state index is 12.0. The van der Waals surface area contributed by atoms with Crippen molar-refractivity contribution in [3.63, 3.8) is 0 Å². The molecule has 0 radical (unpaired) electrons. The van der Waals surface area contributed by atoms with Crippen molar-refractivity contribution in [3.05, 3.63) is 63.3 Å². The van der Waals surface area contributed by atoms with Gasteiger partial charge in [0, 0.05) is 11.8 Å². The molecule has 1 N–H and O–H groups in total. The van der Waals surface area contributed by atoms with E-state index in [1.165, 1.54) is 0 Å². The van der Waals surface area contributed by atoms with Gasteiger partial charge in [-0.1, -0.05) is 6.07 Å². The van der Waals surface area contributed by atoms with Gasteiger partial charge < -0.3 is 4.98 Å². The van der Waals surface area contributed by atoms with Crippen LogP contribution in [0.2, 0.25) is 0 Å². The van der Waals surface area contributed by atoms with E-state index in [9.17, 15) is 4.79 Å². The van der Waals surface area contributed by atoms with Gasteiger partial charge in [0.15, 0.2) is 5.82 Å². The quantitative estimate of drug-likeness (QED) is 0.743. The van der Waals surface area contributed by atoms with Crippen molar-refractivity contribution in [1.29, 1.82) is 5.26 Å². The van der Waals surface area contributed by atoms with Gasteiger partial charge in [0.1, 0.15) is 11.6 Å². The Kier molecular flexibility index (Phi) is 2.88. The van der Waals surface area contributed by atoms with Gasteiger partial charge in [-0.05, 0) is 43.5 Å². The lowest BCUT2D eigenvalue weighted by molar-refractivity contribution is 0.755. The summed E-state index contributed by atoms with van der Waals surface area (Å²) in [4.78, 5) is 19.2. The maximum absolute atomic E-state index is 12.0. The molecule has 0 fully saturated rings. The fourth-order valence-corrected chi connectivity index (χ4v) is 3.13. The first-order chi connectivity index (χ1) is 11.2. The summed E-state index contributed by atoms with van der Waals surface area (Å²) in [7, 11) is 0. The molecule has 4 rings (SSSR count). The number of hydrogen-bond donors (Lipinski definition) is 1. The second-order valence-electron chi connectivity index (χ2n) is 5.53. The molecular formula is C17H13N5O. The molecule has 6 nitrogen and oxygen atoms in total. The van der Waals surface area contributed by atoms with Crippen LogP contribution in [-0.2, 0) is 12.8 Å². The molecule has 0 saturated heterocycles. The van der Waals surface area contributed by atoms with Gasteiger partial charge in [0.2, 0.25) is 0 Å². The highest BCUT2D eigenvalue weighted by Crippen LogP contribution is 2.34. The van der Waals surface area contributed by atoms with E-state index in [0.717, 1.165) is 46.9 Å². The normalized spacial score (nSPS) is 12.3. The van der Waals surface area contributed by atoms with Crippen molar-refractivity contribution in [2.45, 2.75) is 19.8 Å². The predicted molar refractivity (Wildman–Crippen MR) is 84.3 cm³/mol. The molecule has 3 heterocycles. The molecular weight excluding hydrogens is 290 g/mol. The number of fused-ring (bicyclic) bond motifs is 3. The van der Waals surface area contributed by atoms with E-state index in [-0.39, 0.29) is 11.1 Å². The Balaban J connectivity index is 1.97. The first-order valence-electron chi connectivity index (χ1n) is 7.35. The molecule has 0 saturated carbocycles. The lowest BCUT2D eigenvalue weighted by Gasteiger charge is -2.17. The highest BCUT2D eigenvalue weighted by Gasteiger charge is 2.26. The molecule has 0 aromatic carbocycles. The number of aryl methyl sites for hydroxylation is 2. The van der Waals surface area contributed by atoms with Gasteiger partial charge >= 0.3 is 0 Å². The zero-order valence-electron chi connectivity index (χ0n) is 12.5. The monoisotopic (exact) mass is 303 g/mol. The Bertz CT molecular complexity index is 1010. The topological polar surface area (TPSA) is 87.4 Å². The highest BCUT2D eigenvalue weighted by molar-refractivity contribution is 5.71. The van der Waals surface area contributed by atoms with Crippen LogP contribution in [0.15, 0.2) is 35.3 Å². The molecule has 1 aliphatic carbocycles. The minimum atomic E-state index is -0.357. The number of pyridine rings is 2. The number of nitriles is 1. The van der Waals surface area contributed by atoms with Crippen molar-refractivity contribution < 1.29 is 0 Å². The summed E-state index contributed by atoms with van der Waals surface area (Å²) >= 11 is 0. The first-order valence-corrected chi connectivity index (χ1v) is 7.35. The average molecular weight is 303 g/mol. The minimum Gasteiger partial charge on any atom is -0.320 e. The SMILES string of the molecule is Cc1nn(-c2ccccn2)c2c1-c1[nH]c(=O)c(C#N)cc1CC2. The maximum Gasteiger partial charge on any atom is 0.266 e. The van der Waals surface area contributed by atoms with Crippen LogP contribution in [0.1, 0.15) is 22.5 Å². The lowest BCUT2D eigenvalue weighted by atomic mass is 9.91. The molecule has 0 unspecified atom stereocenters. The molecule has 3 aromatic heterocycles. The van der Waals surface area contributed by atoms with Crippen molar-refractivity contribution in [3.8, 4) is 23.1 Å². The Labute approximate surface area is 132 Å². The van der Waals surface area contributed by atoms with Gasteiger partial charge in [-0.3, -0.25) is 4.79 Å². The number of aromatic nitrogens is 4. The molecule has 6 heteroatoms. The molecule has 23 heavy (non-hydrogen) atoms. The zero-order chi connectivity index (χ0) is 16.0. The van der Waals surface area contributed by atoms with Gasteiger partial charge in [0.25, 0.3) is 5.56 Å². The van der Waals surface area contributed by atoms with Crippen molar-refractivity contribution >= 4 is 0 Å². The van der Waals surface area contributed by atoms with Crippen LogP contribution in [0, 0.1) is 18.3 Å². The number of rotatable bonds is 1. The first kappa shape index (κ1) is 13.5. The summed E-state index contributed by atoms with van der Waals surface area (Å²) in [5.74, 6) is 0.760. The van der Waals surface area contributed by atoms with E-state index in [1.807, 2.05) is 35.9 Å². The number of hydrogen-bond acceptors (Lipinski definition) is 4. The summed E-state index contributed by atoms with van der Waals surface area (Å²) in [6.07, 6.45) is 3.28. The lowest BCUT2D eigenvalue weighted by Crippen LogP contribution is -2.17. The molecule has 0 spiro atoms. The third kappa shape index (κ3) is 1.98. The highest BCUT2D eigenvalue weighted by atomic mass is 16.1. The van der Waals surface area contributed by atoms with Crippen molar-refractivity contribution in [1.82, 2.24) is 19.7 Å². The minimum absolute atomic E-state index is 0.155. The summed E-state index contributed by atoms with van der Waals surface area (Å²) < 4.78 is 1.84. The van der Waals surface area contributed by atoms with E-state index in [2.05, 4.69) is 15.1 Å². The summed E-state index contributed by atoms with van der Waals surface area (Å²) in [6, 6.07) is 9.32. The Morgan fingerprint density at radius 3 is 2.96 bits per heavy atom. The van der Waals surface area contributed by atoms with Gasteiger partial charge in [0.05, 0.1) is 17.1 Å². The fraction of sp³-hybridized carbons (Fsp3) is 0.176. The van der Waals surface area contributed by atoms with Crippen LogP contribution in [0.25, 0.3) is 17.1 Å². The smallest absolute Gasteiger partial charge is 0.266 e. The molecule has 0 aliphatic heterocycles.